The Kier molecular flexibility index (Phi) is 7.55. The molecule has 7 nitrogen and oxygen atoms in total. The Labute approximate surface area is 180 Å². The van der Waals surface area contributed by atoms with Gasteiger partial charge >= 0.3 is 0 Å². The van der Waals surface area contributed by atoms with Gasteiger partial charge in [-0.2, -0.15) is 0 Å². The van der Waals surface area contributed by atoms with Crippen molar-refractivity contribution in [1.82, 2.24) is 9.79 Å². The van der Waals surface area contributed by atoms with Crippen molar-refractivity contribution in [3.05, 3.63) is 35.9 Å². The second-order valence-electron chi connectivity index (χ2n) is 8.79. The largest absolute Gasteiger partial charge is 0.377 e. The van der Waals surface area contributed by atoms with E-state index in [-0.39, 0.29) is 18.1 Å². The molecule has 0 spiro atoms. The summed E-state index contributed by atoms with van der Waals surface area (Å²) >= 11 is 0. The summed E-state index contributed by atoms with van der Waals surface area (Å²) in [6, 6.07) is 10.3. The lowest BCUT2D eigenvalue weighted by Gasteiger charge is -2.35. The van der Waals surface area contributed by atoms with Gasteiger partial charge in [-0.1, -0.05) is 30.3 Å². The van der Waals surface area contributed by atoms with Gasteiger partial charge in [-0.15, -0.1) is 0 Å². The highest BCUT2D eigenvalue weighted by Crippen LogP contribution is 2.42. The van der Waals surface area contributed by atoms with Gasteiger partial charge in [-0.3, -0.25) is 9.63 Å². The number of benzene rings is 1. The summed E-state index contributed by atoms with van der Waals surface area (Å²) in [5, 5.41) is 1.23. The number of amides is 1. The first kappa shape index (κ1) is 23.2. The molecule has 2 aliphatic carbocycles. The molecule has 2 atom stereocenters. The monoisotopic (exact) mass is 438 g/mol. The first-order chi connectivity index (χ1) is 14.2. The van der Waals surface area contributed by atoms with E-state index in [9.17, 15) is 13.2 Å². The number of hydrogen-bond acceptors (Lipinski definition) is 5. The predicted molar refractivity (Wildman–Crippen MR) is 115 cm³/mol. The molecular weight excluding hydrogens is 404 g/mol. The molecule has 30 heavy (non-hydrogen) atoms. The van der Waals surface area contributed by atoms with Crippen LogP contribution in [-0.4, -0.2) is 58.6 Å². The zero-order chi connectivity index (χ0) is 21.8. The molecule has 0 saturated heterocycles. The third-order valence-electron chi connectivity index (χ3n) is 6.54. The van der Waals surface area contributed by atoms with Crippen LogP contribution in [0.1, 0.15) is 56.4 Å². The van der Waals surface area contributed by atoms with Gasteiger partial charge in [0.1, 0.15) is 0 Å². The molecule has 0 radical (unpaired) electrons. The number of hydroxylamine groups is 2. The number of rotatable bonds is 8. The predicted octanol–water partition coefficient (Wildman–Crippen LogP) is 2.84. The van der Waals surface area contributed by atoms with Crippen LogP contribution in [0.4, 0.5) is 0 Å². The molecule has 8 heteroatoms. The lowest BCUT2D eigenvalue weighted by atomic mass is 9.82. The summed E-state index contributed by atoms with van der Waals surface area (Å²) in [6.45, 7) is 0.294. The lowest BCUT2D eigenvalue weighted by Crippen LogP contribution is -2.45. The third-order valence-corrected chi connectivity index (χ3v) is 7.30. The first-order valence-electron chi connectivity index (χ1n) is 10.7. The summed E-state index contributed by atoms with van der Waals surface area (Å²) < 4.78 is 32.2. The van der Waals surface area contributed by atoms with Crippen molar-refractivity contribution >= 4 is 15.9 Å². The summed E-state index contributed by atoms with van der Waals surface area (Å²) in [6.07, 6.45) is 6.97. The van der Waals surface area contributed by atoms with Crippen LogP contribution >= 0.6 is 0 Å². The lowest BCUT2D eigenvalue weighted by molar-refractivity contribution is -0.185. The van der Waals surface area contributed by atoms with Crippen LogP contribution in [0.3, 0.4) is 0 Å². The van der Waals surface area contributed by atoms with Gasteiger partial charge in [-0.05, 0) is 56.4 Å². The van der Waals surface area contributed by atoms with Crippen LogP contribution in [0.2, 0.25) is 0 Å². The Morgan fingerprint density at radius 1 is 1.17 bits per heavy atom. The van der Waals surface area contributed by atoms with Crippen molar-refractivity contribution < 1.29 is 22.8 Å². The van der Waals surface area contributed by atoms with Crippen LogP contribution in [0.5, 0.6) is 0 Å². The van der Waals surface area contributed by atoms with E-state index in [0.29, 0.717) is 31.8 Å². The van der Waals surface area contributed by atoms with Gasteiger partial charge in [-0.25, -0.2) is 18.2 Å². The zero-order valence-corrected chi connectivity index (χ0v) is 19.0. The molecule has 168 valence electrons. The van der Waals surface area contributed by atoms with Crippen molar-refractivity contribution in [2.24, 2.45) is 5.41 Å². The number of hydrogen-bond donors (Lipinski definition) is 1. The molecule has 0 aromatic heterocycles. The zero-order valence-electron chi connectivity index (χ0n) is 18.2. The summed E-state index contributed by atoms with van der Waals surface area (Å²) in [5.74, 6) is 0.414. The third kappa shape index (κ3) is 5.81. The maximum absolute atomic E-state index is 13.1. The van der Waals surface area contributed by atoms with Crippen molar-refractivity contribution in [3.63, 3.8) is 0 Å². The van der Waals surface area contributed by atoms with Crippen molar-refractivity contribution in [2.45, 2.75) is 63.0 Å². The van der Waals surface area contributed by atoms with Gasteiger partial charge in [0.05, 0.1) is 31.5 Å². The minimum atomic E-state index is -3.32. The van der Waals surface area contributed by atoms with E-state index in [4.69, 9.17) is 9.57 Å². The number of sulfonamides is 1. The number of nitrogens with one attached hydrogen (secondary N) is 1. The fraction of sp³-hybridized carbons (Fsp3) is 0.682. The van der Waals surface area contributed by atoms with Crippen LogP contribution in [-0.2, 0) is 24.4 Å². The molecule has 1 aromatic rings. The molecule has 0 bridgehead atoms. The van der Waals surface area contributed by atoms with Crippen LogP contribution < -0.4 is 4.72 Å². The highest BCUT2D eigenvalue weighted by molar-refractivity contribution is 7.88. The van der Waals surface area contributed by atoms with Gasteiger partial charge in [0.25, 0.3) is 5.91 Å². The minimum Gasteiger partial charge on any atom is -0.377 e. The fourth-order valence-electron chi connectivity index (χ4n) is 4.90. The van der Waals surface area contributed by atoms with E-state index < -0.39 is 15.4 Å². The van der Waals surface area contributed by atoms with Crippen LogP contribution in [0.25, 0.3) is 0 Å². The Balaban J connectivity index is 1.60. The van der Waals surface area contributed by atoms with E-state index in [0.717, 1.165) is 31.9 Å². The molecule has 3 rings (SSSR count). The normalized spacial score (nSPS) is 29.6. The average molecular weight is 439 g/mol. The highest BCUT2D eigenvalue weighted by atomic mass is 32.2. The smallest absolute Gasteiger partial charge is 0.254 e. The summed E-state index contributed by atoms with van der Waals surface area (Å²) in [4.78, 5) is 18.2. The molecule has 1 aromatic carbocycles. The Morgan fingerprint density at radius 2 is 1.83 bits per heavy atom. The average Bonchev–Trinajstić information content (AvgIpc) is 3.14. The second kappa shape index (κ2) is 9.77. The van der Waals surface area contributed by atoms with Crippen molar-refractivity contribution in [2.75, 3.05) is 27.0 Å². The molecule has 0 aliphatic heterocycles. The summed E-state index contributed by atoms with van der Waals surface area (Å²) in [7, 11) is -0.278. The number of carbonyl (C=O) groups is 1. The second-order valence-corrected chi connectivity index (χ2v) is 10.6. The Bertz CT molecular complexity index is 808. The van der Waals surface area contributed by atoms with Crippen LogP contribution in [0.15, 0.2) is 30.3 Å². The van der Waals surface area contributed by atoms with Gasteiger partial charge in [0.15, 0.2) is 0 Å². The fourth-order valence-corrected chi connectivity index (χ4v) is 5.71. The summed E-state index contributed by atoms with van der Waals surface area (Å²) in [5.41, 5.74) is 0.624. The van der Waals surface area contributed by atoms with Crippen molar-refractivity contribution in [3.8, 4) is 0 Å². The molecular formula is C22H34N2O5S. The SMILES string of the molecule is CON(C)C(=O)[C@@]1(COC2CCC(c3ccccc3)CC2)CC[C@H](NS(C)(=O)=O)C1. The standard InChI is InChI=1S/C22H34N2O5S/c1-24(28-2)21(25)22(14-13-19(15-22)23-30(3,26)27)16-29-20-11-9-18(10-12-20)17-7-5-4-6-8-17/h4-8,18-20,23H,9-16H2,1-3H3/t18?,19-,20?,22-/m0/s1. The van der Waals surface area contributed by atoms with Gasteiger partial charge in [0.2, 0.25) is 10.0 Å². The van der Waals surface area contributed by atoms with Crippen LogP contribution in [0, 0.1) is 5.41 Å². The molecule has 2 aliphatic rings. The van der Waals surface area contributed by atoms with E-state index in [1.165, 1.54) is 17.7 Å². The first-order valence-corrected chi connectivity index (χ1v) is 12.6. The van der Waals surface area contributed by atoms with E-state index in [1.54, 1.807) is 7.05 Å². The molecule has 2 saturated carbocycles. The van der Waals surface area contributed by atoms with E-state index in [1.807, 2.05) is 6.07 Å². The molecule has 1 N–H and O–H groups in total. The molecule has 2 fully saturated rings. The molecule has 0 unspecified atom stereocenters. The quantitative estimate of drug-likeness (QED) is 0.631. The number of ether oxygens (including phenoxy) is 1. The maximum Gasteiger partial charge on any atom is 0.254 e. The van der Waals surface area contributed by atoms with E-state index in [2.05, 4.69) is 29.0 Å². The molecule has 0 heterocycles. The maximum atomic E-state index is 13.1. The van der Waals surface area contributed by atoms with Gasteiger partial charge in [0, 0.05) is 13.1 Å². The number of nitrogens with zero attached hydrogens (tertiary/aromatic N) is 1. The van der Waals surface area contributed by atoms with Crippen molar-refractivity contribution in [1.29, 1.82) is 0 Å². The topological polar surface area (TPSA) is 84.9 Å². The minimum absolute atomic E-state index is 0.129. The number of carbonyl (C=O) groups excluding carboxylic acids is 1. The molecule has 1 amide bonds. The highest BCUT2D eigenvalue weighted by Gasteiger charge is 2.48. The van der Waals surface area contributed by atoms with Gasteiger partial charge < -0.3 is 4.74 Å². The Hall–Kier alpha value is -1.48. The Morgan fingerprint density at radius 3 is 2.43 bits per heavy atom. The van der Waals surface area contributed by atoms with E-state index >= 15 is 0 Å².